The van der Waals surface area contributed by atoms with Crippen molar-refractivity contribution in [3.8, 4) is 11.1 Å². The first kappa shape index (κ1) is 39.2. The maximum Gasteiger partial charge on any atom is 0.224 e. The highest BCUT2D eigenvalue weighted by atomic mass is 16.7. The van der Waals surface area contributed by atoms with Crippen LogP contribution in [0.1, 0.15) is 105 Å². The number of nitrogens with two attached hydrogens (primary N) is 1. The molecule has 0 aliphatic carbocycles. The smallest absolute Gasteiger partial charge is 0.224 e. The third-order valence-electron chi connectivity index (χ3n) is 10.5. The van der Waals surface area contributed by atoms with Crippen LogP contribution in [0.5, 0.6) is 0 Å². The second-order valence-electron chi connectivity index (χ2n) is 14.7. The number of nitrogen functional groups attached to an aromatic ring is 1. The number of amides is 2. The largest absolute Gasteiger partial charge is 0.397 e. The van der Waals surface area contributed by atoms with Crippen molar-refractivity contribution in [2.24, 2.45) is 0 Å². The molecule has 2 aliphatic heterocycles. The number of nitrogens with zero attached hydrogens (tertiary/aromatic N) is 1. The van der Waals surface area contributed by atoms with E-state index in [-0.39, 0.29) is 30.6 Å². The number of unbranched alkanes of at least 4 members (excludes halogenated alkanes) is 2. The molecule has 4 aromatic carbocycles. The number of hydrogen-bond acceptors (Lipinski definition) is 7. The molecule has 0 saturated carbocycles. The Bertz CT molecular complexity index is 1790. The van der Waals surface area contributed by atoms with Crippen LogP contribution in [-0.4, -0.2) is 47.6 Å². The third-order valence-corrected chi connectivity index (χ3v) is 10.5. The van der Waals surface area contributed by atoms with Crippen molar-refractivity contribution >= 4 is 23.2 Å². The second kappa shape index (κ2) is 20.2. The van der Waals surface area contributed by atoms with Crippen molar-refractivity contribution < 1.29 is 24.2 Å². The van der Waals surface area contributed by atoms with Gasteiger partial charge >= 0.3 is 0 Å². The molecule has 0 aromatic heterocycles. The zero-order valence-electron chi connectivity index (χ0n) is 31.4. The van der Waals surface area contributed by atoms with Crippen LogP contribution in [0.15, 0.2) is 97.1 Å². The average Bonchev–Trinajstić information content (AvgIpc) is 3.19. The zero-order valence-corrected chi connectivity index (χ0v) is 31.4. The summed E-state index contributed by atoms with van der Waals surface area (Å²) in [7, 11) is 0. The van der Waals surface area contributed by atoms with Crippen molar-refractivity contribution in [2.75, 3.05) is 30.7 Å². The van der Waals surface area contributed by atoms with Gasteiger partial charge in [-0.25, -0.2) is 0 Å². The van der Waals surface area contributed by atoms with Crippen LogP contribution in [-0.2, 0) is 32.2 Å². The number of likely N-dealkylation sites (tertiary alicyclic amines) is 1. The minimum atomic E-state index is -0.513. The Morgan fingerprint density at radius 3 is 2.19 bits per heavy atom. The molecular weight excluding hydrogens is 677 g/mol. The number of aliphatic hydroxyl groups is 1. The Hall–Kier alpha value is -4.54. The summed E-state index contributed by atoms with van der Waals surface area (Å²) >= 11 is 0. The molecule has 9 nitrogen and oxygen atoms in total. The summed E-state index contributed by atoms with van der Waals surface area (Å²) < 4.78 is 13.4. The van der Waals surface area contributed by atoms with Crippen LogP contribution in [0, 0.1) is 0 Å². The molecular formula is C45H56N4O5. The van der Waals surface area contributed by atoms with Crippen molar-refractivity contribution in [3.63, 3.8) is 0 Å². The fraction of sp³-hybridized carbons (Fsp3) is 0.422. The average molecular weight is 733 g/mol. The van der Waals surface area contributed by atoms with Crippen LogP contribution >= 0.6 is 0 Å². The molecule has 0 radical (unpaired) electrons. The van der Waals surface area contributed by atoms with E-state index in [9.17, 15) is 14.7 Å². The van der Waals surface area contributed by atoms with Crippen LogP contribution in [0.2, 0.25) is 0 Å². The highest BCUT2D eigenvalue weighted by Gasteiger charge is 2.33. The SMILES string of the molecule is Nc1ccccc1NC(=O)CCCCCC(=O)NCc1cccc(-c2cccc([C@@H]3O[C@H](CN4CCCCCCC4)C[C@H](c4ccc(CO)cc4)O3)c2)c1. The molecule has 0 spiro atoms. The van der Waals surface area contributed by atoms with E-state index in [0.717, 1.165) is 72.3 Å². The van der Waals surface area contributed by atoms with Gasteiger partial charge in [0.1, 0.15) is 0 Å². The maximum atomic E-state index is 12.7. The van der Waals surface area contributed by atoms with Crippen LogP contribution in [0.25, 0.3) is 11.1 Å². The Kier molecular flexibility index (Phi) is 14.7. The van der Waals surface area contributed by atoms with Gasteiger partial charge in [0.15, 0.2) is 6.29 Å². The number of anilines is 2. The first-order chi connectivity index (χ1) is 26.4. The van der Waals surface area contributed by atoms with Crippen LogP contribution in [0.3, 0.4) is 0 Å². The van der Waals surface area contributed by atoms with E-state index >= 15 is 0 Å². The topological polar surface area (TPSA) is 126 Å². The summed E-state index contributed by atoms with van der Waals surface area (Å²) in [5.41, 5.74) is 13.2. The normalized spacial score (nSPS) is 19.4. The van der Waals surface area contributed by atoms with E-state index in [2.05, 4.69) is 64.1 Å². The number of carbonyl (C=O) groups excluding carboxylic acids is 2. The molecule has 4 aromatic rings. The van der Waals surface area contributed by atoms with Gasteiger partial charge in [-0.05, 0) is 90.9 Å². The van der Waals surface area contributed by atoms with E-state index in [4.69, 9.17) is 15.2 Å². The van der Waals surface area contributed by atoms with Gasteiger partial charge in [-0.3, -0.25) is 9.59 Å². The summed E-state index contributed by atoms with van der Waals surface area (Å²) in [6.45, 7) is 3.57. The lowest BCUT2D eigenvalue weighted by Gasteiger charge is -2.39. The quantitative estimate of drug-likeness (QED) is 0.0714. The Labute approximate surface area is 320 Å². The molecule has 2 amide bonds. The minimum Gasteiger partial charge on any atom is -0.397 e. The summed E-state index contributed by atoms with van der Waals surface area (Å²) in [5, 5.41) is 15.5. The highest BCUT2D eigenvalue weighted by molar-refractivity contribution is 5.93. The third kappa shape index (κ3) is 11.7. The Balaban J connectivity index is 1.03. The van der Waals surface area contributed by atoms with E-state index < -0.39 is 6.29 Å². The number of rotatable bonds is 15. The number of carbonyl (C=O) groups is 2. The van der Waals surface area contributed by atoms with E-state index in [0.29, 0.717) is 37.2 Å². The summed E-state index contributed by atoms with van der Waals surface area (Å²) in [4.78, 5) is 27.5. The molecule has 2 fully saturated rings. The lowest BCUT2D eigenvalue weighted by Crippen LogP contribution is -2.40. The number of para-hydroxylation sites is 2. The van der Waals surface area contributed by atoms with Crippen molar-refractivity contribution in [3.05, 3.63) is 119 Å². The molecule has 2 heterocycles. The molecule has 2 saturated heterocycles. The van der Waals surface area contributed by atoms with Gasteiger partial charge in [-0.15, -0.1) is 0 Å². The zero-order chi connectivity index (χ0) is 37.5. The summed E-state index contributed by atoms with van der Waals surface area (Å²) in [5.74, 6) is -0.0695. The number of nitrogens with one attached hydrogen (secondary N) is 2. The van der Waals surface area contributed by atoms with Gasteiger partial charge in [0.2, 0.25) is 11.8 Å². The molecule has 3 atom stereocenters. The molecule has 0 unspecified atom stereocenters. The van der Waals surface area contributed by atoms with E-state index in [1.54, 1.807) is 12.1 Å². The van der Waals surface area contributed by atoms with Crippen molar-refractivity contribution in [2.45, 2.75) is 102 Å². The summed E-state index contributed by atoms with van der Waals surface area (Å²) in [6, 6.07) is 31.9. The lowest BCUT2D eigenvalue weighted by atomic mass is 9.98. The van der Waals surface area contributed by atoms with Gasteiger partial charge < -0.3 is 35.8 Å². The summed E-state index contributed by atoms with van der Waals surface area (Å²) in [6.07, 6.45) is 9.60. The number of benzene rings is 4. The molecule has 6 rings (SSSR count). The molecule has 2 aliphatic rings. The molecule has 54 heavy (non-hydrogen) atoms. The lowest BCUT2D eigenvalue weighted by molar-refractivity contribution is -0.253. The number of hydrogen-bond donors (Lipinski definition) is 4. The predicted molar refractivity (Wildman–Crippen MR) is 214 cm³/mol. The fourth-order valence-corrected chi connectivity index (χ4v) is 7.40. The van der Waals surface area contributed by atoms with Crippen LogP contribution < -0.4 is 16.4 Å². The molecule has 5 N–H and O–H groups in total. The Morgan fingerprint density at radius 1 is 0.722 bits per heavy atom. The van der Waals surface area contributed by atoms with E-state index in [1.807, 2.05) is 36.4 Å². The Morgan fingerprint density at radius 2 is 1.43 bits per heavy atom. The predicted octanol–water partition coefficient (Wildman–Crippen LogP) is 8.45. The van der Waals surface area contributed by atoms with Crippen molar-refractivity contribution in [1.82, 2.24) is 10.2 Å². The number of aliphatic hydroxyl groups excluding tert-OH is 1. The molecule has 0 bridgehead atoms. The highest BCUT2D eigenvalue weighted by Crippen LogP contribution is 2.39. The fourth-order valence-electron chi connectivity index (χ4n) is 7.40. The van der Waals surface area contributed by atoms with Gasteiger partial charge in [0.25, 0.3) is 0 Å². The standard InChI is InChI=1S/C45H56N4O5/c46-40-17-7-8-18-41(40)48-44(52)20-6-4-5-19-43(51)47-30-34-13-11-14-36(27-34)37-15-12-16-38(28-37)45-53-39(31-49-25-9-2-1-3-10-26-49)29-42(54-45)35-23-21-33(32-50)22-24-35/h7-8,11-18,21-24,27-28,39,42,45,50H,1-6,9-10,19-20,25-26,29-32,46H2,(H,47,51)(H,48,52)/t39-,42+,45+/m0/s1. The molecule has 286 valence electrons. The van der Waals surface area contributed by atoms with Gasteiger partial charge in [0, 0.05) is 37.9 Å². The first-order valence-electron chi connectivity index (χ1n) is 19.8. The number of ether oxygens (including phenoxy) is 2. The van der Waals surface area contributed by atoms with Crippen LogP contribution in [0.4, 0.5) is 11.4 Å². The minimum absolute atomic E-state index is 0.00125. The van der Waals surface area contributed by atoms with Crippen molar-refractivity contribution in [1.29, 1.82) is 0 Å². The molecule has 9 heteroatoms. The monoisotopic (exact) mass is 732 g/mol. The van der Waals surface area contributed by atoms with Gasteiger partial charge in [0.05, 0.1) is 30.2 Å². The van der Waals surface area contributed by atoms with Gasteiger partial charge in [-0.1, -0.05) is 98.5 Å². The second-order valence-corrected chi connectivity index (χ2v) is 14.7. The first-order valence-corrected chi connectivity index (χ1v) is 19.8. The van der Waals surface area contributed by atoms with E-state index in [1.165, 1.54) is 32.1 Å². The maximum absolute atomic E-state index is 12.7. The van der Waals surface area contributed by atoms with Gasteiger partial charge in [-0.2, -0.15) is 0 Å².